The third kappa shape index (κ3) is 3.30. The predicted octanol–water partition coefficient (Wildman–Crippen LogP) is 1.36. The standard InChI is InChI=1S/C11H12N4O2S/c1-8-3-2-4-9(5-8)7-18-11-12-13-14-15(11)6-10(16)17/h2-5H,6-7H2,1H3,(H,16,17). The van der Waals surface area contributed by atoms with Gasteiger partial charge in [0.1, 0.15) is 6.54 Å². The molecule has 1 N–H and O–H groups in total. The minimum Gasteiger partial charge on any atom is -0.480 e. The molecule has 1 aromatic heterocycles. The fourth-order valence-corrected chi connectivity index (χ4v) is 2.30. The van der Waals surface area contributed by atoms with E-state index in [9.17, 15) is 4.79 Å². The second kappa shape index (κ2) is 5.63. The van der Waals surface area contributed by atoms with Gasteiger partial charge in [-0.1, -0.05) is 41.6 Å². The van der Waals surface area contributed by atoms with E-state index in [1.807, 2.05) is 25.1 Å². The van der Waals surface area contributed by atoms with E-state index in [1.54, 1.807) is 0 Å². The summed E-state index contributed by atoms with van der Waals surface area (Å²) >= 11 is 1.42. The van der Waals surface area contributed by atoms with E-state index >= 15 is 0 Å². The number of tetrazole rings is 1. The number of aliphatic carboxylic acids is 1. The Bertz CT molecular complexity index is 555. The summed E-state index contributed by atoms with van der Waals surface area (Å²) in [6, 6.07) is 8.12. The third-order valence-corrected chi connectivity index (χ3v) is 3.26. The van der Waals surface area contributed by atoms with Crippen molar-refractivity contribution in [2.45, 2.75) is 24.4 Å². The van der Waals surface area contributed by atoms with E-state index in [1.165, 1.54) is 22.0 Å². The van der Waals surface area contributed by atoms with Crippen molar-refractivity contribution in [2.75, 3.05) is 0 Å². The molecule has 2 aromatic rings. The molecule has 1 heterocycles. The number of benzene rings is 1. The molecule has 2 rings (SSSR count). The number of carbonyl (C=O) groups is 1. The summed E-state index contributed by atoms with van der Waals surface area (Å²) in [7, 11) is 0. The number of nitrogens with zero attached hydrogens (tertiary/aromatic N) is 4. The first-order chi connectivity index (χ1) is 8.65. The van der Waals surface area contributed by atoms with Gasteiger partial charge in [0.2, 0.25) is 5.16 Å². The lowest BCUT2D eigenvalue weighted by Crippen LogP contribution is -2.11. The van der Waals surface area contributed by atoms with Crippen LogP contribution < -0.4 is 0 Å². The van der Waals surface area contributed by atoms with Crippen molar-refractivity contribution >= 4 is 17.7 Å². The van der Waals surface area contributed by atoms with E-state index < -0.39 is 5.97 Å². The normalized spacial score (nSPS) is 10.5. The second-order valence-corrected chi connectivity index (χ2v) is 4.73. The lowest BCUT2D eigenvalue weighted by Gasteiger charge is -2.02. The summed E-state index contributed by atoms with van der Waals surface area (Å²) in [5.74, 6) is -0.249. The third-order valence-electron chi connectivity index (χ3n) is 2.23. The molecule has 0 spiro atoms. The van der Waals surface area contributed by atoms with Gasteiger partial charge in [0, 0.05) is 5.75 Å². The fraction of sp³-hybridized carbons (Fsp3) is 0.273. The first-order valence-corrected chi connectivity index (χ1v) is 6.30. The Balaban J connectivity index is 2.02. The van der Waals surface area contributed by atoms with Crippen molar-refractivity contribution < 1.29 is 9.90 Å². The average molecular weight is 264 g/mol. The zero-order valence-corrected chi connectivity index (χ0v) is 10.6. The first kappa shape index (κ1) is 12.6. The molecular formula is C11H12N4O2S. The van der Waals surface area contributed by atoms with Gasteiger partial charge in [-0.3, -0.25) is 4.79 Å². The number of thioether (sulfide) groups is 1. The highest BCUT2D eigenvalue weighted by molar-refractivity contribution is 7.98. The highest BCUT2D eigenvalue weighted by Gasteiger charge is 2.09. The molecule has 0 atom stereocenters. The topological polar surface area (TPSA) is 80.9 Å². The Morgan fingerprint density at radius 1 is 1.50 bits per heavy atom. The summed E-state index contributed by atoms with van der Waals surface area (Å²) in [4.78, 5) is 10.6. The number of rotatable bonds is 5. The molecule has 0 aliphatic carbocycles. The van der Waals surface area contributed by atoms with Crippen molar-refractivity contribution in [3.8, 4) is 0 Å². The first-order valence-electron chi connectivity index (χ1n) is 5.31. The number of hydrogen-bond donors (Lipinski definition) is 1. The Hall–Kier alpha value is -1.89. The molecule has 0 fully saturated rings. The molecule has 0 radical (unpaired) electrons. The highest BCUT2D eigenvalue weighted by Crippen LogP contribution is 2.20. The minimum atomic E-state index is -0.959. The molecular weight excluding hydrogens is 252 g/mol. The number of carboxylic acids is 1. The van der Waals surface area contributed by atoms with Crippen LogP contribution in [0.2, 0.25) is 0 Å². The summed E-state index contributed by atoms with van der Waals surface area (Å²) in [6.45, 7) is 1.81. The molecule has 0 aliphatic rings. The SMILES string of the molecule is Cc1cccc(CSc2nnnn2CC(=O)O)c1. The molecule has 0 amide bonds. The molecule has 0 saturated heterocycles. The van der Waals surface area contributed by atoms with E-state index in [0.29, 0.717) is 10.9 Å². The zero-order chi connectivity index (χ0) is 13.0. The minimum absolute atomic E-state index is 0.219. The van der Waals surface area contributed by atoms with Gasteiger partial charge >= 0.3 is 5.97 Å². The lowest BCUT2D eigenvalue weighted by molar-refractivity contribution is -0.138. The van der Waals surface area contributed by atoms with Gasteiger partial charge in [0.15, 0.2) is 0 Å². The van der Waals surface area contributed by atoms with Crippen LogP contribution in [0.25, 0.3) is 0 Å². The van der Waals surface area contributed by atoms with Crippen LogP contribution in [0, 0.1) is 6.92 Å². The van der Waals surface area contributed by atoms with Gasteiger partial charge < -0.3 is 5.11 Å². The fourth-order valence-electron chi connectivity index (χ4n) is 1.48. The van der Waals surface area contributed by atoms with E-state index in [2.05, 4.69) is 21.6 Å². The molecule has 0 unspecified atom stereocenters. The van der Waals surface area contributed by atoms with Crippen molar-refractivity contribution in [3.05, 3.63) is 35.4 Å². The van der Waals surface area contributed by atoms with Gasteiger partial charge in [-0.2, -0.15) is 0 Å². The Morgan fingerprint density at radius 3 is 3.06 bits per heavy atom. The van der Waals surface area contributed by atoms with Crippen molar-refractivity contribution in [3.63, 3.8) is 0 Å². The maximum Gasteiger partial charge on any atom is 0.325 e. The quantitative estimate of drug-likeness (QED) is 0.821. The van der Waals surface area contributed by atoms with Crippen LogP contribution in [0.15, 0.2) is 29.4 Å². The molecule has 0 aliphatic heterocycles. The van der Waals surface area contributed by atoms with Crippen molar-refractivity contribution in [2.24, 2.45) is 0 Å². The predicted molar refractivity (Wildman–Crippen MR) is 66.2 cm³/mol. The van der Waals surface area contributed by atoms with Crippen LogP contribution in [0.5, 0.6) is 0 Å². The molecule has 0 bridgehead atoms. The highest BCUT2D eigenvalue weighted by atomic mass is 32.2. The molecule has 6 nitrogen and oxygen atoms in total. The van der Waals surface area contributed by atoms with Crippen LogP contribution in [0.3, 0.4) is 0 Å². The smallest absolute Gasteiger partial charge is 0.325 e. The van der Waals surface area contributed by atoms with E-state index in [-0.39, 0.29) is 6.54 Å². The van der Waals surface area contributed by atoms with E-state index in [4.69, 9.17) is 5.11 Å². The zero-order valence-electron chi connectivity index (χ0n) is 9.78. The maximum atomic E-state index is 10.6. The van der Waals surface area contributed by atoms with Gasteiger partial charge in [-0.15, -0.1) is 5.10 Å². The van der Waals surface area contributed by atoms with Crippen LogP contribution in [-0.2, 0) is 17.1 Å². The van der Waals surface area contributed by atoms with Crippen LogP contribution in [0.1, 0.15) is 11.1 Å². The summed E-state index contributed by atoms with van der Waals surface area (Å²) in [6.07, 6.45) is 0. The molecule has 0 saturated carbocycles. The number of hydrogen-bond acceptors (Lipinski definition) is 5. The largest absolute Gasteiger partial charge is 0.480 e. The molecule has 94 valence electrons. The number of carboxylic acid groups (broad SMARTS) is 1. The van der Waals surface area contributed by atoms with Crippen molar-refractivity contribution in [1.82, 2.24) is 20.2 Å². The van der Waals surface area contributed by atoms with Crippen LogP contribution in [-0.4, -0.2) is 31.3 Å². The molecule has 1 aromatic carbocycles. The van der Waals surface area contributed by atoms with Gasteiger partial charge in [-0.25, -0.2) is 4.68 Å². The van der Waals surface area contributed by atoms with Gasteiger partial charge in [0.25, 0.3) is 0 Å². The monoisotopic (exact) mass is 264 g/mol. The summed E-state index contributed by atoms with van der Waals surface area (Å²) in [5, 5.41) is 20.2. The van der Waals surface area contributed by atoms with Crippen LogP contribution >= 0.6 is 11.8 Å². The number of aromatic nitrogens is 4. The average Bonchev–Trinajstić information content (AvgIpc) is 2.73. The van der Waals surface area contributed by atoms with Gasteiger partial charge in [0.05, 0.1) is 0 Å². The van der Waals surface area contributed by atoms with Gasteiger partial charge in [-0.05, 0) is 22.9 Å². The van der Waals surface area contributed by atoms with Crippen LogP contribution in [0.4, 0.5) is 0 Å². The maximum absolute atomic E-state index is 10.6. The summed E-state index contributed by atoms with van der Waals surface area (Å²) < 4.78 is 1.28. The Labute approximate surface area is 108 Å². The Morgan fingerprint density at radius 2 is 2.33 bits per heavy atom. The Kier molecular flexibility index (Phi) is 3.93. The molecule has 18 heavy (non-hydrogen) atoms. The number of aryl methyl sites for hydroxylation is 1. The van der Waals surface area contributed by atoms with Crippen molar-refractivity contribution in [1.29, 1.82) is 0 Å². The second-order valence-electron chi connectivity index (χ2n) is 3.79. The lowest BCUT2D eigenvalue weighted by atomic mass is 10.2. The van der Waals surface area contributed by atoms with E-state index in [0.717, 1.165) is 5.56 Å². The summed E-state index contributed by atoms with van der Waals surface area (Å²) in [5.41, 5.74) is 2.35. The molecule has 7 heteroatoms.